The quantitative estimate of drug-likeness (QED) is 0.540. The minimum Gasteiger partial charge on any atom is -0.497 e. The Balaban J connectivity index is 1.17. The van der Waals surface area contributed by atoms with E-state index in [1.54, 1.807) is 13.3 Å². The number of nitrogens with zero attached hydrogens (tertiary/aromatic N) is 4. The maximum Gasteiger partial charge on any atom is 0.282 e. The number of amides is 2. The first-order valence-electron chi connectivity index (χ1n) is 11.3. The summed E-state index contributed by atoms with van der Waals surface area (Å²) in [5, 5.41) is 2.36. The molecule has 34 heavy (non-hydrogen) atoms. The Kier molecular flexibility index (Phi) is 6.46. The van der Waals surface area contributed by atoms with Gasteiger partial charge in [-0.3, -0.25) is 14.5 Å². The highest BCUT2D eigenvalue weighted by molar-refractivity contribution is 7.11. The number of carbonyl (C=O) groups excluding carboxylic acids is 2. The van der Waals surface area contributed by atoms with Crippen molar-refractivity contribution in [3.63, 3.8) is 0 Å². The van der Waals surface area contributed by atoms with Crippen molar-refractivity contribution in [3.8, 4) is 17.2 Å². The molecule has 8 nitrogen and oxygen atoms in total. The van der Waals surface area contributed by atoms with Crippen LogP contribution in [0.5, 0.6) is 17.2 Å². The van der Waals surface area contributed by atoms with Crippen molar-refractivity contribution in [2.45, 2.75) is 12.5 Å². The molecule has 1 unspecified atom stereocenters. The molecule has 0 spiro atoms. The first-order valence-corrected chi connectivity index (χ1v) is 12.1. The second-order valence-electron chi connectivity index (χ2n) is 8.30. The van der Waals surface area contributed by atoms with Gasteiger partial charge >= 0.3 is 0 Å². The van der Waals surface area contributed by atoms with Gasteiger partial charge in [-0.15, -0.1) is 11.3 Å². The van der Waals surface area contributed by atoms with Gasteiger partial charge in [0.05, 0.1) is 7.11 Å². The highest BCUT2D eigenvalue weighted by Crippen LogP contribution is 2.30. The molecule has 2 aliphatic rings. The third kappa shape index (κ3) is 4.76. The number of anilines is 1. The Bertz CT molecular complexity index is 1140. The van der Waals surface area contributed by atoms with Crippen LogP contribution in [-0.4, -0.2) is 72.5 Å². The van der Waals surface area contributed by atoms with E-state index in [9.17, 15) is 9.59 Å². The van der Waals surface area contributed by atoms with Crippen LogP contribution in [0.15, 0.2) is 60.1 Å². The van der Waals surface area contributed by atoms with Crippen LogP contribution in [0.3, 0.4) is 0 Å². The van der Waals surface area contributed by atoms with Gasteiger partial charge in [0.2, 0.25) is 5.91 Å². The second-order valence-corrected chi connectivity index (χ2v) is 9.20. The maximum atomic E-state index is 12.8. The molecule has 2 amide bonds. The minimum atomic E-state index is -0.00460. The number of methoxy groups -OCH3 is 1. The Labute approximate surface area is 202 Å². The van der Waals surface area contributed by atoms with Gasteiger partial charge in [-0.05, 0) is 36.4 Å². The number of aromatic nitrogens is 1. The summed E-state index contributed by atoms with van der Waals surface area (Å²) in [6, 6.07) is 15.2. The molecule has 1 atom stereocenters. The molecule has 0 radical (unpaired) electrons. The average Bonchev–Trinajstić information content (AvgIpc) is 3.55. The molecule has 9 heteroatoms. The summed E-state index contributed by atoms with van der Waals surface area (Å²) in [5.74, 6) is 2.23. The van der Waals surface area contributed by atoms with E-state index in [4.69, 9.17) is 9.47 Å². The van der Waals surface area contributed by atoms with Crippen LogP contribution >= 0.6 is 11.3 Å². The third-order valence-electron chi connectivity index (χ3n) is 6.26. The number of benzene rings is 2. The normalized spacial score (nSPS) is 18.9. The van der Waals surface area contributed by atoms with Crippen LogP contribution in [-0.2, 0) is 4.79 Å². The molecular formula is C25H26N4O4S. The molecule has 1 aromatic heterocycles. The van der Waals surface area contributed by atoms with Crippen molar-refractivity contribution in [2.24, 2.45) is 0 Å². The molecule has 2 aromatic carbocycles. The van der Waals surface area contributed by atoms with Crippen molar-refractivity contribution < 1.29 is 19.1 Å². The summed E-state index contributed by atoms with van der Waals surface area (Å²) in [6.07, 6.45) is 2.15. The average molecular weight is 479 g/mol. The summed E-state index contributed by atoms with van der Waals surface area (Å²) in [6.45, 7) is 3.47. The summed E-state index contributed by atoms with van der Waals surface area (Å²) in [4.78, 5) is 35.5. The second kappa shape index (κ2) is 9.82. The number of thiazole rings is 1. The molecule has 2 saturated heterocycles. The van der Waals surface area contributed by atoms with Gasteiger partial charge < -0.3 is 19.3 Å². The molecule has 0 saturated carbocycles. The van der Waals surface area contributed by atoms with Gasteiger partial charge in [0.25, 0.3) is 5.91 Å². The molecular weight excluding hydrogens is 452 g/mol. The Morgan fingerprint density at radius 1 is 1.03 bits per heavy atom. The highest BCUT2D eigenvalue weighted by atomic mass is 32.1. The minimum absolute atomic E-state index is 0.00460. The molecule has 3 heterocycles. The van der Waals surface area contributed by atoms with E-state index in [1.165, 1.54) is 11.3 Å². The third-order valence-corrected chi connectivity index (χ3v) is 7.02. The molecule has 0 aliphatic carbocycles. The van der Waals surface area contributed by atoms with Crippen molar-refractivity contribution in [3.05, 3.63) is 65.1 Å². The zero-order valence-corrected chi connectivity index (χ0v) is 19.7. The number of rotatable bonds is 6. The Hall–Kier alpha value is -3.43. The number of hydrogen-bond donors (Lipinski definition) is 0. The number of carbonyl (C=O) groups is 2. The first-order chi connectivity index (χ1) is 16.6. The molecule has 2 aliphatic heterocycles. The molecule has 0 bridgehead atoms. The number of piperazine rings is 1. The zero-order valence-electron chi connectivity index (χ0n) is 18.9. The molecule has 176 valence electrons. The van der Waals surface area contributed by atoms with Crippen LogP contribution in [0, 0.1) is 0 Å². The standard InChI is InChI=1S/C25H26N4O4S/c1-32-21-3-2-4-22(16-21)33-20-7-5-18(6-8-20)29-17-19(15-23(29)30)27-10-12-28(13-11-27)25(31)24-26-9-14-34-24/h2-9,14,16,19H,10-13,15,17H2,1H3. The smallest absolute Gasteiger partial charge is 0.282 e. The lowest BCUT2D eigenvalue weighted by atomic mass is 10.2. The molecule has 2 fully saturated rings. The van der Waals surface area contributed by atoms with Crippen LogP contribution in [0.2, 0.25) is 0 Å². The van der Waals surface area contributed by atoms with Gasteiger partial charge in [-0.25, -0.2) is 4.98 Å². The zero-order chi connectivity index (χ0) is 23.5. The Morgan fingerprint density at radius 2 is 1.79 bits per heavy atom. The van der Waals surface area contributed by atoms with Gasteiger partial charge in [-0.2, -0.15) is 0 Å². The van der Waals surface area contributed by atoms with Crippen molar-refractivity contribution in [1.82, 2.24) is 14.8 Å². The molecule has 0 N–H and O–H groups in total. The van der Waals surface area contributed by atoms with Crippen LogP contribution in [0.4, 0.5) is 5.69 Å². The van der Waals surface area contributed by atoms with Gasteiger partial charge in [0, 0.05) is 68.5 Å². The lowest BCUT2D eigenvalue weighted by Crippen LogP contribution is -2.52. The Morgan fingerprint density at radius 3 is 2.50 bits per heavy atom. The summed E-state index contributed by atoms with van der Waals surface area (Å²) in [5.41, 5.74) is 0.864. The van der Waals surface area contributed by atoms with Crippen molar-refractivity contribution in [1.29, 1.82) is 0 Å². The van der Waals surface area contributed by atoms with E-state index >= 15 is 0 Å². The lowest BCUT2D eigenvalue weighted by molar-refractivity contribution is -0.117. The maximum absolute atomic E-state index is 12.8. The number of ether oxygens (including phenoxy) is 2. The first kappa shape index (κ1) is 22.4. The van der Waals surface area contributed by atoms with E-state index in [-0.39, 0.29) is 17.9 Å². The fourth-order valence-corrected chi connectivity index (χ4v) is 5.03. The summed E-state index contributed by atoms with van der Waals surface area (Å²) in [7, 11) is 1.62. The topological polar surface area (TPSA) is 75.2 Å². The van der Waals surface area contributed by atoms with Crippen LogP contribution in [0.25, 0.3) is 0 Å². The SMILES string of the molecule is COc1cccc(Oc2ccc(N3CC(N4CCN(C(=O)c5nccs5)CC4)CC3=O)cc2)c1. The molecule has 5 rings (SSSR count). The fourth-order valence-electron chi connectivity index (χ4n) is 4.43. The predicted molar refractivity (Wildman–Crippen MR) is 130 cm³/mol. The fraction of sp³-hybridized carbons (Fsp3) is 0.320. The largest absolute Gasteiger partial charge is 0.497 e. The van der Waals surface area contributed by atoms with E-state index in [0.717, 1.165) is 24.5 Å². The number of hydrogen-bond acceptors (Lipinski definition) is 7. The van der Waals surface area contributed by atoms with E-state index in [1.807, 2.05) is 63.7 Å². The van der Waals surface area contributed by atoms with Gasteiger partial charge in [0.1, 0.15) is 17.2 Å². The predicted octanol–water partition coefficient (Wildman–Crippen LogP) is 3.51. The van der Waals surface area contributed by atoms with Crippen molar-refractivity contribution in [2.75, 3.05) is 44.7 Å². The van der Waals surface area contributed by atoms with Gasteiger partial charge in [0.15, 0.2) is 5.01 Å². The summed E-state index contributed by atoms with van der Waals surface area (Å²) >= 11 is 1.37. The van der Waals surface area contributed by atoms with Crippen molar-refractivity contribution >= 4 is 28.8 Å². The monoisotopic (exact) mass is 478 g/mol. The van der Waals surface area contributed by atoms with E-state index in [2.05, 4.69) is 9.88 Å². The lowest BCUT2D eigenvalue weighted by Gasteiger charge is -2.37. The van der Waals surface area contributed by atoms with Crippen LogP contribution in [0.1, 0.15) is 16.2 Å². The van der Waals surface area contributed by atoms with Crippen LogP contribution < -0.4 is 14.4 Å². The van der Waals surface area contributed by atoms with E-state index in [0.29, 0.717) is 42.6 Å². The summed E-state index contributed by atoms with van der Waals surface area (Å²) < 4.78 is 11.1. The van der Waals surface area contributed by atoms with E-state index < -0.39 is 0 Å². The highest BCUT2D eigenvalue weighted by Gasteiger charge is 2.36. The molecule has 3 aromatic rings. The van der Waals surface area contributed by atoms with Gasteiger partial charge in [-0.1, -0.05) is 6.07 Å².